The number of carbonyl (C=O) groups is 2. The van der Waals surface area contributed by atoms with E-state index in [1.54, 1.807) is 0 Å². The van der Waals surface area contributed by atoms with Crippen LogP contribution in [0.5, 0.6) is 0 Å². The molecule has 2 aromatic carbocycles. The fourth-order valence-corrected chi connectivity index (χ4v) is 2.17. The Balaban J connectivity index is 1.98. The fourth-order valence-electron chi connectivity index (χ4n) is 2.17. The van der Waals surface area contributed by atoms with Gasteiger partial charge in [-0.2, -0.15) is 0 Å². The van der Waals surface area contributed by atoms with Crippen molar-refractivity contribution in [1.82, 2.24) is 5.32 Å². The van der Waals surface area contributed by atoms with Crippen molar-refractivity contribution in [3.05, 3.63) is 48.0 Å². The zero-order valence-electron chi connectivity index (χ0n) is 11.6. The molecule has 0 saturated heterocycles. The average molecular weight is 286 g/mol. The lowest BCUT2D eigenvalue weighted by atomic mass is 10.0. The molecular formula is C16H18N2O3. The zero-order chi connectivity index (χ0) is 15.2. The second-order valence-corrected chi connectivity index (χ2v) is 4.89. The van der Waals surface area contributed by atoms with Crippen LogP contribution in [0.1, 0.15) is 18.4 Å². The largest absolute Gasteiger partial charge is 0.481 e. The van der Waals surface area contributed by atoms with Crippen LogP contribution < -0.4 is 11.1 Å². The van der Waals surface area contributed by atoms with Gasteiger partial charge >= 0.3 is 5.97 Å². The molecule has 0 heterocycles. The number of hydrogen-bond acceptors (Lipinski definition) is 3. The van der Waals surface area contributed by atoms with Gasteiger partial charge in [0, 0.05) is 13.0 Å². The summed E-state index contributed by atoms with van der Waals surface area (Å²) in [7, 11) is 0. The average Bonchev–Trinajstić information content (AvgIpc) is 2.50. The summed E-state index contributed by atoms with van der Waals surface area (Å²) in [5.74, 6) is -1.28. The van der Waals surface area contributed by atoms with E-state index in [9.17, 15) is 9.59 Å². The Morgan fingerprint density at radius 1 is 1.14 bits per heavy atom. The molecule has 0 aromatic heterocycles. The molecular weight excluding hydrogens is 268 g/mol. The summed E-state index contributed by atoms with van der Waals surface area (Å²) in [6.45, 7) is 0.376. The molecule has 5 nitrogen and oxygen atoms in total. The molecule has 4 N–H and O–H groups in total. The predicted molar refractivity (Wildman–Crippen MR) is 80.6 cm³/mol. The lowest BCUT2D eigenvalue weighted by Crippen LogP contribution is -2.40. The van der Waals surface area contributed by atoms with E-state index in [4.69, 9.17) is 10.8 Å². The summed E-state index contributed by atoms with van der Waals surface area (Å²) in [4.78, 5) is 22.3. The molecule has 0 aliphatic rings. The maximum atomic E-state index is 11.8. The van der Waals surface area contributed by atoms with E-state index in [0.717, 1.165) is 16.3 Å². The molecule has 0 radical (unpaired) electrons. The number of carbonyl (C=O) groups excluding carboxylic acids is 1. The van der Waals surface area contributed by atoms with Gasteiger partial charge in [-0.3, -0.25) is 9.59 Å². The van der Waals surface area contributed by atoms with Crippen LogP contribution in [0.3, 0.4) is 0 Å². The molecule has 0 spiro atoms. The molecule has 21 heavy (non-hydrogen) atoms. The number of carboxylic acids is 1. The van der Waals surface area contributed by atoms with E-state index >= 15 is 0 Å². The summed E-state index contributed by atoms with van der Waals surface area (Å²) in [5, 5.41) is 13.5. The SMILES string of the molecule is NC(CCC(=O)O)C(=O)NCc1cccc2ccccc12. The fraction of sp³-hybridized carbons (Fsp3) is 0.250. The third-order valence-electron chi connectivity index (χ3n) is 3.34. The molecule has 0 aliphatic carbocycles. The minimum Gasteiger partial charge on any atom is -0.481 e. The van der Waals surface area contributed by atoms with Gasteiger partial charge in [0.15, 0.2) is 0 Å². The smallest absolute Gasteiger partial charge is 0.303 e. The molecule has 2 rings (SSSR count). The topological polar surface area (TPSA) is 92.4 Å². The number of nitrogens with two attached hydrogens (primary N) is 1. The summed E-state index contributed by atoms with van der Waals surface area (Å²) < 4.78 is 0. The van der Waals surface area contributed by atoms with Gasteiger partial charge in [-0.05, 0) is 22.8 Å². The molecule has 2 aromatic rings. The molecule has 5 heteroatoms. The maximum Gasteiger partial charge on any atom is 0.303 e. The number of fused-ring (bicyclic) bond motifs is 1. The zero-order valence-corrected chi connectivity index (χ0v) is 11.6. The van der Waals surface area contributed by atoms with E-state index < -0.39 is 12.0 Å². The third-order valence-corrected chi connectivity index (χ3v) is 3.34. The second-order valence-electron chi connectivity index (χ2n) is 4.89. The van der Waals surface area contributed by atoms with Gasteiger partial charge in [0.2, 0.25) is 5.91 Å². The van der Waals surface area contributed by atoms with Gasteiger partial charge in [-0.25, -0.2) is 0 Å². The lowest BCUT2D eigenvalue weighted by molar-refractivity contribution is -0.137. The number of hydrogen-bond donors (Lipinski definition) is 3. The van der Waals surface area contributed by atoms with Crippen molar-refractivity contribution in [3.8, 4) is 0 Å². The monoisotopic (exact) mass is 286 g/mol. The summed E-state index contributed by atoms with van der Waals surface area (Å²) in [6.07, 6.45) is 0.0273. The van der Waals surface area contributed by atoms with Gasteiger partial charge in [0.05, 0.1) is 6.04 Å². The van der Waals surface area contributed by atoms with Crippen molar-refractivity contribution in [2.45, 2.75) is 25.4 Å². The highest BCUT2D eigenvalue weighted by Crippen LogP contribution is 2.18. The number of nitrogens with one attached hydrogen (secondary N) is 1. The Hall–Kier alpha value is -2.40. The van der Waals surface area contributed by atoms with Crippen LogP contribution in [-0.4, -0.2) is 23.0 Å². The Morgan fingerprint density at radius 2 is 1.86 bits per heavy atom. The number of benzene rings is 2. The van der Waals surface area contributed by atoms with Crippen molar-refractivity contribution in [2.75, 3.05) is 0 Å². The van der Waals surface area contributed by atoms with E-state index in [2.05, 4.69) is 5.32 Å². The minimum absolute atomic E-state index is 0.108. The highest BCUT2D eigenvalue weighted by Gasteiger charge is 2.14. The van der Waals surface area contributed by atoms with Crippen molar-refractivity contribution < 1.29 is 14.7 Å². The number of amides is 1. The van der Waals surface area contributed by atoms with Gasteiger partial charge in [-0.15, -0.1) is 0 Å². The van der Waals surface area contributed by atoms with Crippen LogP contribution in [0.25, 0.3) is 10.8 Å². The number of aliphatic carboxylic acids is 1. The van der Waals surface area contributed by atoms with Crippen LogP contribution in [0.15, 0.2) is 42.5 Å². The Labute approximate surface area is 122 Å². The van der Waals surface area contributed by atoms with Crippen LogP contribution in [-0.2, 0) is 16.1 Å². The first kappa shape index (κ1) is 15.0. The normalized spacial score (nSPS) is 12.0. The van der Waals surface area contributed by atoms with Gasteiger partial charge in [0.1, 0.15) is 0 Å². The van der Waals surface area contributed by atoms with Crippen LogP contribution in [0, 0.1) is 0 Å². The minimum atomic E-state index is -0.952. The van der Waals surface area contributed by atoms with Gasteiger partial charge in [0.25, 0.3) is 0 Å². The molecule has 0 aliphatic heterocycles. The van der Waals surface area contributed by atoms with Crippen molar-refractivity contribution >= 4 is 22.6 Å². The lowest BCUT2D eigenvalue weighted by Gasteiger charge is -2.12. The third kappa shape index (κ3) is 4.03. The second kappa shape index (κ2) is 6.85. The summed E-state index contributed by atoms with van der Waals surface area (Å²) in [5.41, 5.74) is 6.67. The van der Waals surface area contributed by atoms with Gasteiger partial charge in [-0.1, -0.05) is 42.5 Å². The summed E-state index contributed by atoms with van der Waals surface area (Å²) >= 11 is 0. The standard InChI is InChI=1S/C16H18N2O3/c17-14(8-9-15(19)20)16(21)18-10-12-6-3-5-11-4-1-2-7-13(11)12/h1-7,14H,8-10,17H2,(H,18,21)(H,19,20). The molecule has 1 unspecified atom stereocenters. The Bertz CT molecular complexity index is 650. The van der Waals surface area contributed by atoms with Gasteiger partial charge < -0.3 is 16.2 Å². The molecule has 1 atom stereocenters. The number of carboxylic acid groups (broad SMARTS) is 1. The van der Waals surface area contributed by atoms with Crippen LogP contribution in [0.4, 0.5) is 0 Å². The van der Waals surface area contributed by atoms with Crippen molar-refractivity contribution in [3.63, 3.8) is 0 Å². The summed E-state index contributed by atoms with van der Waals surface area (Å²) in [6, 6.07) is 13.0. The Morgan fingerprint density at radius 3 is 2.62 bits per heavy atom. The molecule has 0 fully saturated rings. The van der Waals surface area contributed by atoms with Crippen LogP contribution >= 0.6 is 0 Å². The van der Waals surface area contributed by atoms with Crippen molar-refractivity contribution in [1.29, 1.82) is 0 Å². The van der Waals surface area contributed by atoms with E-state index in [1.807, 2.05) is 42.5 Å². The van der Waals surface area contributed by atoms with E-state index in [-0.39, 0.29) is 18.7 Å². The highest BCUT2D eigenvalue weighted by molar-refractivity contribution is 5.87. The molecule has 1 amide bonds. The van der Waals surface area contributed by atoms with E-state index in [0.29, 0.717) is 6.54 Å². The van der Waals surface area contributed by atoms with Crippen molar-refractivity contribution in [2.24, 2.45) is 5.73 Å². The quantitative estimate of drug-likeness (QED) is 0.752. The highest BCUT2D eigenvalue weighted by atomic mass is 16.4. The van der Waals surface area contributed by atoms with Crippen LogP contribution in [0.2, 0.25) is 0 Å². The maximum absolute atomic E-state index is 11.8. The number of rotatable bonds is 6. The molecule has 0 bridgehead atoms. The first-order valence-electron chi connectivity index (χ1n) is 6.79. The predicted octanol–water partition coefficient (Wildman–Crippen LogP) is 1.65. The first-order chi connectivity index (χ1) is 10.1. The van der Waals surface area contributed by atoms with E-state index in [1.165, 1.54) is 0 Å². The first-order valence-corrected chi connectivity index (χ1v) is 6.79. The molecule has 110 valence electrons. The molecule has 0 saturated carbocycles. The Kier molecular flexibility index (Phi) is 4.90.